The smallest absolute Gasteiger partial charge is 0.355 e. The number of likely N-dealkylation sites (N-methyl/N-ethyl adjacent to an activating group) is 1. The molecule has 2 amide bonds. The highest BCUT2D eigenvalue weighted by Crippen LogP contribution is 2.38. The lowest BCUT2D eigenvalue weighted by Crippen LogP contribution is -2.52. The summed E-state index contributed by atoms with van der Waals surface area (Å²) in [6.45, 7) is 4.50. The van der Waals surface area contributed by atoms with Gasteiger partial charge in [0.15, 0.2) is 0 Å². The maximum atomic E-state index is 13.8. The van der Waals surface area contributed by atoms with Crippen LogP contribution in [0.2, 0.25) is 5.02 Å². The van der Waals surface area contributed by atoms with E-state index in [4.69, 9.17) is 11.6 Å². The molecule has 1 atom stereocenters. The summed E-state index contributed by atoms with van der Waals surface area (Å²) in [5, 5.41) is 2.04. The molecule has 220 valence electrons. The van der Waals surface area contributed by atoms with E-state index in [-0.39, 0.29) is 11.4 Å². The number of rotatable bonds is 11. The molecule has 0 aliphatic rings. The zero-order chi connectivity index (χ0) is 30.4. The minimum absolute atomic E-state index is 0.0635. The average molecular weight is 610 g/mol. The van der Waals surface area contributed by atoms with E-state index < -0.39 is 56.9 Å². The largest absolute Gasteiger partial charge is 0.417 e. The summed E-state index contributed by atoms with van der Waals surface area (Å²) in [6.07, 6.45) is -4.51. The zero-order valence-corrected chi connectivity index (χ0v) is 24.4. The summed E-state index contributed by atoms with van der Waals surface area (Å²) in [5.74, 6) is -1.22. The number of benzene rings is 3. The quantitative estimate of drug-likeness (QED) is 0.313. The first-order valence-electron chi connectivity index (χ1n) is 12.8. The zero-order valence-electron chi connectivity index (χ0n) is 22.8. The van der Waals surface area contributed by atoms with Crippen LogP contribution in [0.15, 0.2) is 77.7 Å². The summed E-state index contributed by atoms with van der Waals surface area (Å²) < 4.78 is 69.3. The van der Waals surface area contributed by atoms with Gasteiger partial charge in [0.05, 0.1) is 21.2 Å². The van der Waals surface area contributed by atoms with E-state index in [1.54, 1.807) is 26.0 Å². The Labute approximate surface area is 243 Å². The number of hydrogen-bond donors (Lipinski definition) is 1. The Hall–Kier alpha value is -3.57. The van der Waals surface area contributed by atoms with Crippen molar-refractivity contribution in [3.8, 4) is 0 Å². The maximum absolute atomic E-state index is 13.8. The van der Waals surface area contributed by atoms with Crippen LogP contribution in [-0.4, -0.2) is 50.8 Å². The number of alkyl halides is 3. The van der Waals surface area contributed by atoms with Gasteiger partial charge in [-0.2, -0.15) is 13.2 Å². The third-order valence-corrected chi connectivity index (χ3v) is 8.55. The normalized spacial score (nSPS) is 12.5. The van der Waals surface area contributed by atoms with Crippen molar-refractivity contribution in [2.24, 2.45) is 0 Å². The monoisotopic (exact) mass is 609 g/mol. The molecule has 0 radical (unpaired) electrons. The van der Waals surface area contributed by atoms with Crippen molar-refractivity contribution in [1.29, 1.82) is 0 Å². The van der Waals surface area contributed by atoms with Crippen molar-refractivity contribution in [2.75, 3.05) is 23.9 Å². The van der Waals surface area contributed by atoms with Crippen LogP contribution in [0.4, 0.5) is 18.9 Å². The number of carbonyl (C=O) groups excluding carboxylic acids is 2. The minimum atomic E-state index is -4.87. The summed E-state index contributed by atoms with van der Waals surface area (Å²) >= 11 is 5.79. The Morgan fingerprint density at radius 2 is 1.63 bits per heavy atom. The predicted octanol–water partition coefficient (Wildman–Crippen LogP) is 5.46. The molecular weight excluding hydrogens is 579 g/mol. The highest BCUT2D eigenvalue weighted by molar-refractivity contribution is 7.92. The van der Waals surface area contributed by atoms with Crippen molar-refractivity contribution in [3.05, 3.63) is 94.5 Å². The van der Waals surface area contributed by atoms with Crippen LogP contribution in [-0.2, 0) is 32.2 Å². The molecule has 1 unspecified atom stereocenters. The predicted molar refractivity (Wildman–Crippen MR) is 152 cm³/mol. The third kappa shape index (κ3) is 8.01. The van der Waals surface area contributed by atoms with Crippen LogP contribution >= 0.6 is 11.6 Å². The molecule has 0 spiro atoms. The number of halogens is 4. The summed E-state index contributed by atoms with van der Waals surface area (Å²) in [7, 11) is -4.52. The van der Waals surface area contributed by atoms with E-state index in [0.29, 0.717) is 23.3 Å². The van der Waals surface area contributed by atoms with Gasteiger partial charge in [-0.25, -0.2) is 8.42 Å². The van der Waals surface area contributed by atoms with E-state index in [1.807, 2.05) is 30.3 Å². The summed E-state index contributed by atoms with van der Waals surface area (Å²) in [4.78, 5) is 27.5. The van der Waals surface area contributed by atoms with Gasteiger partial charge >= 0.3 is 6.18 Å². The summed E-state index contributed by atoms with van der Waals surface area (Å²) in [5.41, 5.74) is -0.000465. The number of carbonyl (C=O) groups is 2. The Morgan fingerprint density at radius 1 is 1.00 bits per heavy atom. The molecule has 12 heteroatoms. The van der Waals surface area contributed by atoms with Crippen LogP contribution in [0.25, 0.3) is 0 Å². The summed E-state index contributed by atoms with van der Waals surface area (Å²) in [6, 6.07) is 16.5. The first-order valence-corrected chi connectivity index (χ1v) is 14.6. The average Bonchev–Trinajstić information content (AvgIpc) is 2.92. The van der Waals surface area contributed by atoms with Gasteiger partial charge in [0.1, 0.15) is 12.6 Å². The second-order valence-corrected chi connectivity index (χ2v) is 11.6. The Kier molecular flexibility index (Phi) is 10.4. The van der Waals surface area contributed by atoms with Gasteiger partial charge in [-0.05, 0) is 63.1 Å². The molecule has 0 aliphatic carbocycles. The topological polar surface area (TPSA) is 86.8 Å². The first kappa shape index (κ1) is 32.0. The van der Waals surface area contributed by atoms with Crippen molar-refractivity contribution < 1.29 is 31.2 Å². The van der Waals surface area contributed by atoms with Crippen LogP contribution < -0.4 is 9.62 Å². The van der Waals surface area contributed by atoms with E-state index >= 15 is 0 Å². The van der Waals surface area contributed by atoms with Crippen LogP contribution in [0.5, 0.6) is 0 Å². The fourth-order valence-electron chi connectivity index (χ4n) is 4.14. The van der Waals surface area contributed by atoms with Gasteiger partial charge in [-0.3, -0.25) is 13.9 Å². The van der Waals surface area contributed by atoms with Crippen LogP contribution in [0, 0.1) is 6.92 Å². The number of amides is 2. The highest BCUT2D eigenvalue weighted by Gasteiger charge is 2.36. The van der Waals surface area contributed by atoms with Gasteiger partial charge in [0, 0.05) is 13.1 Å². The number of hydrogen-bond acceptors (Lipinski definition) is 4. The maximum Gasteiger partial charge on any atom is 0.417 e. The minimum Gasteiger partial charge on any atom is -0.355 e. The van der Waals surface area contributed by atoms with Crippen LogP contribution in [0.3, 0.4) is 0 Å². The molecule has 0 heterocycles. The molecule has 3 aromatic rings. The molecule has 7 nitrogen and oxygen atoms in total. The molecule has 0 bridgehead atoms. The number of anilines is 1. The Bertz CT molecular complexity index is 1470. The van der Waals surface area contributed by atoms with Crippen molar-refractivity contribution in [1.82, 2.24) is 10.2 Å². The van der Waals surface area contributed by atoms with Crippen molar-refractivity contribution >= 4 is 39.1 Å². The van der Waals surface area contributed by atoms with Gasteiger partial charge in [-0.1, -0.05) is 59.6 Å². The van der Waals surface area contributed by atoms with Gasteiger partial charge in [0.25, 0.3) is 10.0 Å². The van der Waals surface area contributed by atoms with Gasteiger partial charge in [-0.15, -0.1) is 0 Å². The lowest BCUT2D eigenvalue weighted by Gasteiger charge is -2.32. The van der Waals surface area contributed by atoms with Crippen LogP contribution in [0.1, 0.15) is 30.5 Å². The second kappa shape index (κ2) is 13.4. The van der Waals surface area contributed by atoms with E-state index in [1.165, 1.54) is 24.0 Å². The van der Waals surface area contributed by atoms with Gasteiger partial charge < -0.3 is 10.2 Å². The molecule has 0 saturated heterocycles. The van der Waals surface area contributed by atoms with E-state index in [9.17, 15) is 31.2 Å². The molecule has 0 aromatic heterocycles. The number of nitrogens with one attached hydrogen (secondary N) is 1. The molecule has 41 heavy (non-hydrogen) atoms. The highest BCUT2D eigenvalue weighted by atomic mass is 35.5. The van der Waals surface area contributed by atoms with Crippen molar-refractivity contribution in [3.63, 3.8) is 0 Å². The second-order valence-electron chi connectivity index (χ2n) is 9.38. The molecule has 3 rings (SSSR count). The Morgan fingerprint density at radius 3 is 2.22 bits per heavy atom. The first-order chi connectivity index (χ1) is 19.3. The number of sulfonamides is 1. The van der Waals surface area contributed by atoms with Gasteiger partial charge in [0.2, 0.25) is 11.8 Å². The van der Waals surface area contributed by atoms with Crippen molar-refractivity contribution in [2.45, 2.75) is 44.3 Å². The fraction of sp³-hybridized carbons (Fsp3) is 0.310. The van der Waals surface area contributed by atoms with E-state index in [0.717, 1.165) is 23.3 Å². The lowest BCUT2D eigenvalue weighted by atomic mass is 10.1. The molecule has 0 fully saturated rings. The Balaban J connectivity index is 2.07. The fourth-order valence-corrected chi connectivity index (χ4v) is 5.77. The molecule has 3 aromatic carbocycles. The molecular formula is C29H31ClF3N3O4S. The molecule has 1 N–H and O–H groups in total. The standard InChI is InChI=1S/C29H31ClF3N3O4S/c1-4-34-28(38)21(3)35(17-16-22-8-6-5-7-9-22)27(37)19-36(41(39,40)24-13-10-20(2)11-14-24)23-12-15-26(30)25(18-23)29(31,32)33/h5-15,18,21H,4,16-17,19H2,1-3H3,(H,34,38). The lowest BCUT2D eigenvalue weighted by molar-refractivity contribution is -0.138. The molecule has 0 saturated carbocycles. The van der Waals surface area contributed by atoms with E-state index in [2.05, 4.69) is 5.32 Å². The molecule has 0 aliphatic heterocycles. The SMILES string of the molecule is CCNC(=O)C(C)N(CCc1ccccc1)C(=O)CN(c1ccc(Cl)c(C(F)(F)F)c1)S(=O)(=O)c1ccc(C)cc1. The third-order valence-electron chi connectivity index (χ3n) is 6.43. The number of aryl methyl sites for hydroxylation is 1. The number of nitrogens with zero attached hydrogens (tertiary/aromatic N) is 2.